The molecule has 1 aliphatic carbocycles. The van der Waals surface area contributed by atoms with Crippen molar-refractivity contribution in [1.29, 1.82) is 0 Å². The Morgan fingerprint density at radius 2 is 0.495 bits per heavy atom. The quantitative estimate of drug-likeness (QED) is 0.239. The molecule has 12 heteroatoms. The van der Waals surface area contributed by atoms with Crippen LogP contribution >= 0.6 is 11.8 Å². The Balaban J connectivity index is -0.000000156. The number of rotatable bonds is 9. The molecule has 0 spiro atoms. The Hall–Kier alpha value is -0.0900. The van der Waals surface area contributed by atoms with Crippen LogP contribution in [0.3, 0.4) is 0 Å². The van der Waals surface area contributed by atoms with Crippen molar-refractivity contribution >= 4 is 11.8 Å². The van der Waals surface area contributed by atoms with Gasteiger partial charge in [-0.25, -0.2) is 0 Å². The number of nitrogens with one attached hydrogen (secondary N) is 1. The molecule has 1 saturated carbocycles. The largest absolute Gasteiger partial charge is 0.379 e. The molecular weight excluding hydrogens is 1260 g/mol. The maximum atomic E-state index is 5.21. The number of nitrogens with zero attached hydrogens (tertiary/aromatic N) is 9. The number of likely N-dealkylation sites (tertiary alicyclic amines) is 6. The first-order chi connectivity index (χ1) is 48.7. The maximum absolute atomic E-state index is 5.21. The van der Waals surface area contributed by atoms with Crippen molar-refractivity contribution < 1.29 is 4.74 Å². The molecule has 101 heavy (non-hydrogen) atoms. The first-order valence-electron chi connectivity index (χ1n) is 45.3. The van der Waals surface area contributed by atoms with Crippen LogP contribution in [0.5, 0.6) is 0 Å². The molecule has 0 radical (unpaired) electrons. The Morgan fingerprint density at radius 3 is 0.723 bits per heavy atom. The van der Waals surface area contributed by atoms with Crippen molar-refractivity contribution in [2.75, 3.05) is 149 Å². The summed E-state index contributed by atoms with van der Waals surface area (Å²) >= 11 is 2.07. The Morgan fingerprint density at radius 1 is 0.257 bits per heavy atom. The van der Waals surface area contributed by atoms with E-state index in [4.69, 9.17) is 4.74 Å². The van der Waals surface area contributed by atoms with E-state index in [0.717, 1.165) is 99.7 Å². The molecule has 0 aromatic heterocycles. The van der Waals surface area contributed by atoms with Gasteiger partial charge in [0.05, 0.1) is 13.2 Å². The van der Waals surface area contributed by atoms with Gasteiger partial charge in [0.1, 0.15) is 0 Å². The molecule has 9 saturated heterocycles. The van der Waals surface area contributed by atoms with Crippen LogP contribution in [-0.4, -0.2) is 254 Å². The number of thioether (sulfide) groups is 1. The summed E-state index contributed by atoms with van der Waals surface area (Å²) in [6.45, 7) is 103. The van der Waals surface area contributed by atoms with Gasteiger partial charge >= 0.3 is 0 Å². The molecule has 1 N–H and O–H groups in total. The fourth-order valence-electron chi connectivity index (χ4n) is 13.1. The zero-order valence-corrected chi connectivity index (χ0v) is 78.2. The number of morpholine rings is 1. The average Bonchev–Trinajstić information content (AvgIpc) is 1.69. The fourth-order valence-corrected chi connectivity index (χ4v) is 14.1. The summed E-state index contributed by atoms with van der Waals surface area (Å²) in [7, 11) is 0. The van der Waals surface area contributed by atoms with Crippen molar-refractivity contribution in [2.24, 2.45) is 5.92 Å². The molecule has 0 aromatic rings. The van der Waals surface area contributed by atoms with E-state index in [0.29, 0.717) is 6.04 Å². The van der Waals surface area contributed by atoms with E-state index < -0.39 is 0 Å². The topological polar surface area (TPSA) is 50.4 Å². The first-order valence-corrected chi connectivity index (χ1v) is 46.4. The van der Waals surface area contributed by atoms with Gasteiger partial charge in [0, 0.05) is 131 Å². The molecule has 10 aliphatic rings. The van der Waals surface area contributed by atoms with Crippen LogP contribution < -0.4 is 5.32 Å². The standard InChI is InChI=1S/C10H19N.C10H21N.C9H19N.C8H17N.C7H16N2.C7H15NO.C7H15NS.C7H15N.C6H13N.9C2H6/c1-8(2)11-7-9-4-3-5-10(11)6-9;1-10(2)11-8-6-4-3-5-7-9-11;1-9(2)10-7-5-3-4-6-8-10;1-8(2)9-6-4-3-5-7-9;1-7(2)9-5-3-8-4-6-9;2*1-7(2)8-3-5-9-6-4-8;1-7(2)8-5-3-4-6-8;1-6(2)7-4-3-5-7;9*1-2/h8-10H,3-7H2,1-2H3;10H,3-9H2,1-2H3;9H,3-8H2,1-2H3;8H,3-7H2,1-2H3;7-8H,3-6H2,1-2H3;2*7H,3-6H2,1-2H3;7H,3-6H2,1-2H3;6H,3-5H2,1-2H3;9*1-2H3. The molecule has 11 nitrogen and oxygen atoms in total. The Bertz CT molecular complexity index is 1320. The van der Waals surface area contributed by atoms with E-state index in [1.165, 1.54) is 232 Å². The molecule has 2 bridgehead atoms. The minimum absolute atomic E-state index is 0.689. The number of fused-ring (bicyclic) bond motifs is 2. The lowest BCUT2D eigenvalue weighted by Crippen LogP contribution is -2.46. The Labute approximate surface area is 649 Å². The molecule has 10 fully saturated rings. The van der Waals surface area contributed by atoms with Crippen LogP contribution in [0.15, 0.2) is 0 Å². The first kappa shape index (κ1) is 117. The van der Waals surface area contributed by atoms with Crippen LogP contribution in [0.1, 0.15) is 371 Å². The highest BCUT2D eigenvalue weighted by atomic mass is 32.2. The summed E-state index contributed by atoms with van der Waals surface area (Å²) < 4.78 is 5.21. The maximum Gasteiger partial charge on any atom is 0.0594 e. The summed E-state index contributed by atoms with van der Waals surface area (Å²) in [5, 5.41) is 3.33. The number of piperazine rings is 1. The average molecular weight is 1460 g/mol. The second-order valence-electron chi connectivity index (χ2n) is 28.8. The predicted molar refractivity (Wildman–Crippen MR) is 474 cm³/mol. The van der Waals surface area contributed by atoms with Gasteiger partial charge in [-0.05, 0) is 273 Å². The van der Waals surface area contributed by atoms with E-state index in [9.17, 15) is 0 Å². The van der Waals surface area contributed by atoms with Crippen LogP contribution in [-0.2, 0) is 4.74 Å². The summed E-state index contributed by atoms with van der Waals surface area (Å²) in [6.07, 6.45) is 27.4. The van der Waals surface area contributed by atoms with Gasteiger partial charge in [-0.3, -0.25) is 19.6 Å². The van der Waals surface area contributed by atoms with Gasteiger partial charge in [0.2, 0.25) is 0 Å². The molecular formula is C89H204N10OS. The zero-order chi connectivity index (χ0) is 79.4. The molecule has 622 valence electrons. The van der Waals surface area contributed by atoms with Gasteiger partial charge in [-0.2, -0.15) is 11.8 Å². The monoisotopic (exact) mass is 1460 g/mol. The second-order valence-corrected chi connectivity index (χ2v) is 30.0. The van der Waals surface area contributed by atoms with E-state index in [1.54, 1.807) is 0 Å². The van der Waals surface area contributed by atoms with Crippen molar-refractivity contribution in [3.05, 3.63) is 0 Å². The van der Waals surface area contributed by atoms with E-state index in [-0.39, 0.29) is 0 Å². The van der Waals surface area contributed by atoms with Crippen LogP contribution in [0.4, 0.5) is 0 Å². The molecule has 0 amide bonds. The Kier molecular flexibility index (Phi) is 103. The van der Waals surface area contributed by atoms with Crippen LogP contribution in [0, 0.1) is 5.92 Å². The lowest BCUT2D eigenvalue weighted by Gasteiger charge is -2.34. The van der Waals surface area contributed by atoms with Gasteiger partial charge in [0.25, 0.3) is 0 Å². The molecule has 2 unspecified atom stereocenters. The smallest absolute Gasteiger partial charge is 0.0594 e. The minimum atomic E-state index is 0.689. The molecule has 10 rings (SSSR count). The summed E-state index contributed by atoms with van der Waals surface area (Å²) in [4.78, 5) is 22.9. The molecule has 9 aliphatic heterocycles. The lowest BCUT2D eigenvalue weighted by molar-refractivity contribution is 0.0238. The number of piperidine rings is 1. The van der Waals surface area contributed by atoms with Gasteiger partial charge < -0.3 is 34.6 Å². The number of hydrogen-bond acceptors (Lipinski definition) is 12. The number of ether oxygens (including phenoxy) is 1. The predicted octanol–water partition coefficient (Wildman–Crippen LogP) is 23.4. The molecule has 0 aromatic carbocycles. The van der Waals surface area contributed by atoms with E-state index in [2.05, 4.69) is 186 Å². The summed E-state index contributed by atoms with van der Waals surface area (Å²) in [6, 6.07) is 7.76. The normalized spacial score (nSPS) is 21.1. The van der Waals surface area contributed by atoms with Gasteiger partial charge in [-0.1, -0.05) is 170 Å². The summed E-state index contributed by atoms with van der Waals surface area (Å²) in [5.41, 5.74) is 0. The zero-order valence-electron chi connectivity index (χ0n) is 77.4. The third-order valence-corrected chi connectivity index (χ3v) is 20.3. The SMILES string of the molecule is CC.CC.CC.CC.CC.CC.CC.CC.CC.CC(C)N1CC2CCCC1C2.CC(C)N1CCC1.CC(C)N1CCCC1.CC(C)N1CCCCC1.CC(C)N1CCCCCC1.CC(C)N1CCCCCCC1.CC(C)N1CCNCC1.CC(C)N1CCOCC1.CC(C)N1CCSCC1. The summed E-state index contributed by atoms with van der Waals surface area (Å²) in [5.74, 6) is 3.72. The highest BCUT2D eigenvalue weighted by Gasteiger charge is 2.36. The second kappa shape index (κ2) is 88.8. The van der Waals surface area contributed by atoms with E-state index >= 15 is 0 Å². The van der Waals surface area contributed by atoms with Gasteiger partial charge in [0.15, 0.2) is 0 Å². The van der Waals surface area contributed by atoms with Crippen molar-refractivity contribution in [2.45, 2.75) is 432 Å². The van der Waals surface area contributed by atoms with Crippen molar-refractivity contribution in [3.8, 4) is 0 Å². The van der Waals surface area contributed by atoms with Crippen molar-refractivity contribution in [3.63, 3.8) is 0 Å². The third-order valence-electron chi connectivity index (χ3n) is 19.4. The molecule has 2 atom stereocenters. The van der Waals surface area contributed by atoms with E-state index in [1.807, 2.05) is 125 Å². The van der Waals surface area contributed by atoms with Crippen molar-refractivity contribution in [1.82, 2.24) is 49.4 Å². The third kappa shape index (κ3) is 68.9. The molecule has 9 heterocycles. The highest BCUT2D eigenvalue weighted by molar-refractivity contribution is 7.99. The van der Waals surface area contributed by atoms with Crippen LogP contribution in [0.2, 0.25) is 0 Å². The lowest BCUT2D eigenvalue weighted by atomic mass is 9.90. The van der Waals surface area contributed by atoms with Crippen LogP contribution in [0.25, 0.3) is 0 Å². The van der Waals surface area contributed by atoms with Gasteiger partial charge in [-0.15, -0.1) is 0 Å². The number of hydrogen-bond donors (Lipinski definition) is 1. The highest BCUT2D eigenvalue weighted by Crippen LogP contribution is 2.36. The minimum Gasteiger partial charge on any atom is -0.379 e. The fraction of sp³-hybridized carbons (Fsp3) is 1.00.